The summed E-state index contributed by atoms with van der Waals surface area (Å²) < 4.78 is 0. The number of thioether (sulfide) groups is 1. The lowest BCUT2D eigenvalue weighted by atomic mass is 10.1. The molecule has 2 aromatic rings. The van der Waals surface area contributed by atoms with E-state index in [-0.39, 0.29) is 5.91 Å². The maximum absolute atomic E-state index is 12.5. The van der Waals surface area contributed by atoms with E-state index in [0.717, 1.165) is 22.4 Å². The van der Waals surface area contributed by atoms with Gasteiger partial charge in [-0.25, -0.2) is 4.99 Å². The van der Waals surface area contributed by atoms with Crippen LogP contribution in [0.3, 0.4) is 0 Å². The van der Waals surface area contributed by atoms with Crippen LogP contribution in [0, 0.1) is 13.8 Å². The Hall–Kier alpha value is -2.53. The Morgan fingerprint density at radius 3 is 2.38 bits per heavy atom. The molecule has 4 nitrogen and oxygen atoms in total. The van der Waals surface area contributed by atoms with Crippen LogP contribution in [0.15, 0.2) is 52.4 Å². The Kier molecular flexibility index (Phi) is 4.44. The predicted molar refractivity (Wildman–Crippen MR) is 99.5 cm³/mol. The standard InChI is InChI=1S/C19H18N2O2S/c1-12-9-14(10-13(2)17(12)22)11-16-18(23)21(3)19(24-16)20-15-7-5-4-6-8-15/h4-11,22H,1-3H3. The molecule has 0 aliphatic carbocycles. The second kappa shape index (κ2) is 6.53. The number of carbonyl (C=O) groups is 1. The normalized spacial score (nSPS) is 18.0. The molecule has 5 heteroatoms. The molecule has 2 aromatic carbocycles. The SMILES string of the molecule is Cc1cc(C=C2SC(=Nc3ccccc3)N(C)C2=O)cc(C)c1O. The van der Waals surface area contributed by atoms with Crippen LogP contribution in [-0.4, -0.2) is 28.1 Å². The smallest absolute Gasteiger partial charge is 0.266 e. The molecule has 1 fully saturated rings. The number of phenols is 1. The number of carbonyl (C=O) groups excluding carboxylic acids is 1. The van der Waals surface area contributed by atoms with Crippen molar-refractivity contribution in [2.24, 2.45) is 4.99 Å². The number of likely N-dealkylation sites (N-methyl/N-ethyl adjacent to an activating group) is 1. The second-order valence-corrected chi connectivity index (χ2v) is 6.72. The highest BCUT2D eigenvalue weighted by Gasteiger charge is 2.30. The van der Waals surface area contributed by atoms with Gasteiger partial charge in [-0.1, -0.05) is 18.2 Å². The maximum Gasteiger partial charge on any atom is 0.266 e. The van der Waals surface area contributed by atoms with Gasteiger partial charge in [-0.05, 0) is 72.6 Å². The zero-order valence-corrected chi connectivity index (χ0v) is 14.6. The molecular weight excluding hydrogens is 320 g/mol. The van der Waals surface area contributed by atoms with Gasteiger partial charge in [-0.3, -0.25) is 9.69 Å². The van der Waals surface area contributed by atoms with Crippen LogP contribution in [-0.2, 0) is 4.79 Å². The summed E-state index contributed by atoms with van der Waals surface area (Å²) in [6, 6.07) is 13.3. The lowest BCUT2D eigenvalue weighted by molar-refractivity contribution is -0.121. The highest BCUT2D eigenvalue weighted by atomic mass is 32.2. The van der Waals surface area contributed by atoms with E-state index in [1.165, 1.54) is 11.8 Å². The Morgan fingerprint density at radius 2 is 1.75 bits per heavy atom. The first-order valence-electron chi connectivity index (χ1n) is 7.57. The Bertz CT molecular complexity index is 834. The van der Waals surface area contributed by atoms with E-state index < -0.39 is 0 Å². The van der Waals surface area contributed by atoms with E-state index in [2.05, 4.69) is 4.99 Å². The van der Waals surface area contributed by atoms with Crippen molar-refractivity contribution >= 4 is 34.6 Å². The molecule has 0 spiro atoms. The molecule has 0 aromatic heterocycles. The van der Waals surface area contributed by atoms with Crippen molar-refractivity contribution in [3.05, 3.63) is 64.1 Å². The summed E-state index contributed by atoms with van der Waals surface area (Å²) in [5.41, 5.74) is 3.30. The minimum absolute atomic E-state index is 0.0712. The minimum Gasteiger partial charge on any atom is -0.507 e. The summed E-state index contributed by atoms with van der Waals surface area (Å²) in [6.07, 6.45) is 1.84. The fourth-order valence-electron chi connectivity index (χ4n) is 2.49. The molecule has 1 aliphatic heterocycles. The van der Waals surface area contributed by atoms with E-state index in [4.69, 9.17) is 0 Å². The summed E-state index contributed by atoms with van der Waals surface area (Å²) in [7, 11) is 1.73. The van der Waals surface area contributed by atoms with Crippen molar-refractivity contribution in [2.45, 2.75) is 13.8 Å². The number of phenolic OH excluding ortho intramolecular Hbond substituents is 1. The van der Waals surface area contributed by atoms with Gasteiger partial charge in [0.05, 0.1) is 10.6 Å². The van der Waals surface area contributed by atoms with Crippen LogP contribution in [0.4, 0.5) is 5.69 Å². The number of aliphatic imine (C=N–C) groups is 1. The number of amides is 1. The van der Waals surface area contributed by atoms with Gasteiger partial charge in [0.1, 0.15) is 5.75 Å². The van der Waals surface area contributed by atoms with Gasteiger partial charge < -0.3 is 5.11 Å². The van der Waals surface area contributed by atoms with Crippen LogP contribution >= 0.6 is 11.8 Å². The van der Waals surface area contributed by atoms with E-state index in [1.54, 1.807) is 11.9 Å². The van der Waals surface area contributed by atoms with Crippen molar-refractivity contribution in [1.29, 1.82) is 0 Å². The molecule has 1 heterocycles. The first-order chi connectivity index (χ1) is 11.5. The van der Waals surface area contributed by atoms with E-state index >= 15 is 0 Å². The average molecular weight is 338 g/mol. The quantitative estimate of drug-likeness (QED) is 0.833. The number of hydrogen-bond donors (Lipinski definition) is 1. The number of amidine groups is 1. The van der Waals surface area contributed by atoms with Crippen LogP contribution in [0.1, 0.15) is 16.7 Å². The van der Waals surface area contributed by atoms with Crippen molar-refractivity contribution in [3.8, 4) is 5.75 Å². The number of aryl methyl sites for hydroxylation is 2. The lowest BCUT2D eigenvalue weighted by Gasteiger charge is -2.07. The zero-order valence-electron chi connectivity index (χ0n) is 13.8. The highest BCUT2D eigenvalue weighted by molar-refractivity contribution is 8.18. The van der Waals surface area contributed by atoms with E-state index in [1.807, 2.05) is 62.4 Å². The number of aromatic hydroxyl groups is 1. The Labute approximate surface area is 145 Å². The fraction of sp³-hybridized carbons (Fsp3) is 0.158. The molecule has 1 amide bonds. The first-order valence-corrected chi connectivity index (χ1v) is 8.39. The number of para-hydroxylation sites is 1. The lowest BCUT2D eigenvalue weighted by Crippen LogP contribution is -2.23. The highest BCUT2D eigenvalue weighted by Crippen LogP contribution is 2.34. The minimum atomic E-state index is -0.0712. The third-order valence-electron chi connectivity index (χ3n) is 3.80. The molecule has 1 saturated heterocycles. The van der Waals surface area contributed by atoms with Crippen molar-refractivity contribution in [2.75, 3.05) is 7.05 Å². The topological polar surface area (TPSA) is 52.9 Å². The van der Waals surface area contributed by atoms with Gasteiger partial charge in [-0.15, -0.1) is 0 Å². The van der Waals surface area contributed by atoms with Crippen LogP contribution < -0.4 is 0 Å². The monoisotopic (exact) mass is 338 g/mol. The van der Waals surface area contributed by atoms with Gasteiger partial charge in [0.25, 0.3) is 5.91 Å². The van der Waals surface area contributed by atoms with Gasteiger partial charge in [0.2, 0.25) is 0 Å². The van der Waals surface area contributed by atoms with Crippen molar-refractivity contribution in [1.82, 2.24) is 4.90 Å². The van der Waals surface area contributed by atoms with Crippen molar-refractivity contribution < 1.29 is 9.90 Å². The largest absolute Gasteiger partial charge is 0.507 e. The summed E-state index contributed by atoms with van der Waals surface area (Å²) in [6.45, 7) is 3.70. The average Bonchev–Trinajstić information content (AvgIpc) is 2.82. The molecule has 0 saturated carbocycles. The molecule has 0 atom stereocenters. The van der Waals surface area contributed by atoms with Crippen LogP contribution in [0.2, 0.25) is 0 Å². The van der Waals surface area contributed by atoms with Gasteiger partial charge >= 0.3 is 0 Å². The fourth-order valence-corrected chi connectivity index (χ4v) is 3.48. The molecule has 3 rings (SSSR count). The van der Waals surface area contributed by atoms with Crippen LogP contribution in [0.25, 0.3) is 6.08 Å². The van der Waals surface area contributed by atoms with Crippen LogP contribution in [0.5, 0.6) is 5.75 Å². The molecule has 0 radical (unpaired) electrons. The Morgan fingerprint density at radius 1 is 1.12 bits per heavy atom. The number of hydrogen-bond acceptors (Lipinski definition) is 4. The van der Waals surface area contributed by atoms with E-state index in [0.29, 0.717) is 15.8 Å². The Balaban J connectivity index is 1.93. The molecule has 122 valence electrons. The second-order valence-electron chi connectivity index (χ2n) is 5.71. The third kappa shape index (κ3) is 3.21. The molecule has 24 heavy (non-hydrogen) atoms. The molecule has 1 aliphatic rings. The predicted octanol–water partition coefficient (Wildman–Crippen LogP) is 4.24. The van der Waals surface area contributed by atoms with Gasteiger partial charge in [0, 0.05) is 7.05 Å². The third-order valence-corrected chi connectivity index (χ3v) is 4.86. The summed E-state index contributed by atoms with van der Waals surface area (Å²) in [5, 5.41) is 10.5. The van der Waals surface area contributed by atoms with Crippen molar-refractivity contribution in [3.63, 3.8) is 0 Å². The van der Waals surface area contributed by atoms with E-state index in [9.17, 15) is 9.90 Å². The molecular formula is C19H18N2O2S. The number of rotatable bonds is 2. The van der Waals surface area contributed by atoms with Gasteiger partial charge in [0.15, 0.2) is 5.17 Å². The molecule has 1 N–H and O–H groups in total. The number of benzene rings is 2. The maximum atomic E-state index is 12.5. The molecule has 0 unspecified atom stereocenters. The first kappa shape index (κ1) is 16.3. The summed E-state index contributed by atoms with van der Waals surface area (Å²) in [5.74, 6) is 0.226. The number of nitrogens with zero attached hydrogens (tertiary/aromatic N) is 2. The summed E-state index contributed by atoms with van der Waals surface area (Å²) in [4.78, 5) is 19.2. The summed E-state index contributed by atoms with van der Waals surface area (Å²) >= 11 is 1.36. The van der Waals surface area contributed by atoms with Gasteiger partial charge in [-0.2, -0.15) is 0 Å². The zero-order chi connectivity index (χ0) is 17.3. The molecule has 0 bridgehead atoms.